The first-order valence-corrected chi connectivity index (χ1v) is 11.1. The topological polar surface area (TPSA) is 83.5 Å². The lowest BCUT2D eigenvalue weighted by molar-refractivity contribution is -0.153. The molecule has 5 nitrogen and oxygen atoms in total. The summed E-state index contributed by atoms with van der Waals surface area (Å²) in [7, 11) is -3.68. The Labute approximate surface area is 170 Å². The number of carbonyl (C=O) groups is 1. The molecule has 2 N–H and O–H groups in total. The third-order valence-electron chi connectivity index (χ3n) is 5.12. The molecule has 28 heavy (non-hydrogen) atoms. The van der Waals surface area contributed by atoms with Crippen molar-refractivity contribution in [3.05, 3.63) is 41.0 Å². The second-order valence-electron chi connectivity index (χ2n) is 9.11. The Bertz CT molecular complexity index is 825. The molecule has 1 atom stereocenters. The van der Waals surface area contributed by atoms with Crippen LogP contribution in [0.25, 0.3) is 0 Å². The fourth-order valence-corrected chi connectivity index (χ4v) is 5.25. The van der Waals surface area contributed by atoms with Crippen LogP contribution in [0.4, 0.5) is 0 Å². The molecule has 6 heteroatoms. The van der Waals surface area contributed by atoms with Gasteiger partial charge in [-0.3, -0.25) is 4.79 Å². The zero-order chi connectivity index (χ0) is 21.9. The molecule has 0 heterocycles. The van der Waals surface area contributed by atoms with E-state index in [1.165, 1.54) is 0 Å². The number of carboxylic acids is 1. The standard InChI is InChI=1S/C22H35NO4S/c1-15(2)14-22(20(24)25,21(6,7)8)10-9-11-23-28(26,27)19-17(4)12-16(3)13-18(19)5/h9-10,12-13,15,23H,11,14H2,1-8H3,(H,24,25)/t22-/m0/s1. The van der Waals surface area contributed by atoms with Gasteiger partial charge in [-0.2, -0.15) is 0 Å². The number of aliphatic carboxylic acids is 1. The number of nitrogens with one attached hydrogen (secondary N) is 1. The first-order valence-electron chi connectivity index (χ1n) is 9.62. The van der Waals surface area contributed by atoms with Gasteiger partial charge < -0.3 is 5.11 Å². The summed E-state index contributed by atoms with van der Waals surface area (Å²) in [5.41, 5.74) is 0.830. The van der Waals surface area contributed by atoms with Gasteiger partial charge in [0.05, 0.1) is 10.3 Å². The van der Waals surface area contributed by atoms with Crippen LogP contribution in [0.2, 0.25) is 0 Å². The Morgan fingerprint density at radius 2 is 1.64 bits per heavy atom. The predicted molar refractivity (Wildman–Crippen MR) is 114 cm³/mol. The van der Waals surface area contributed by atoms with Crippen LogP contribution in [-0.4, -0.2) is 26.0 Å². The third-order valence-corrected chi connectivity index (χ3v) is 6.85. The highest BCUT2D eigenvalue weighted by Crippen LogP contribution is 2.45. The third kappa shape index (κ3) is 5.45. The van der Waals surface area contributed by atoms with Crippen molar-refractivity contribution in [3.63, 3.8) is 0 Å². The molecule has 0 bridgehead atoms. The molecule has 0 amide bonds. The monoisotopic (exact) mass is 409 g/mol. The summed E-state index contributed by atoms with van der Waals surface area (Å²) in [5.74, 6) is -0.701. The Balaban J connectivity index is 3.12. The summed E-state index contributed by atoms with van der Waals surface area (Å²) < 4.78 is 28.1. The zero-order valence-corrected chi connectivity index (χ0v) is 19.2. The van der Waals surface area contributed by atoms with E-state index in [4.69, 9.17) is 0 Å². The van der Waals surface area contributed by atoms with Gasteiger partial charge in [0.25, 0.3) is 0 Å². The van der Waals surface area contributed by atoms with E-state index in [1.54, 1.807) is 26.0 Å². The van der Waals surface area contributed by atoms with E-state index in [9.17, 15) is 18.3 Å². The summed E-state index contributed by atoms with van der Waals surface area (Å²) in [6, 6.07) is 3.68. The fourth-order valence-electron chi connectivity index (χ4n) is 3.83. The minimum atomic E-state index is -3.68. The van der Waals surface area contributed by atoms with Gasteiger partial charge >= 0.3 is 5.97 Å². The molecule has 0 aromatic heterocycles. The van der Waals surface area contributed by atoms with E-state index >= 15 is 0 Å². The van der Waals surface area contributed by atoms with Crippen LogP contribution >= 0.6 is 0 Å². The zero-order valence-electron chi connectivity index (χ0n) is 18.4. The highest BCUT2D eigenvalue weighted by atomic mass is 32.2. The van der Waals surface area contributed by atoms with Crippen LogP contribution in [0.1, 0.15) is 57.7 Å². The van der Waals surface area contributed by atoms with E-state index in [0.717, 1.165) is 5.56 Å². The Morgan fingerprint density at radius 3 is 2.04 bits per heavy atom. The predicted octanol–water partition coefficient (Wildman–Crippen LogP) is 4.61. The summed E-state index contributed by atoms with van der Waals surface area (Å²) in [6.07, 6.45) is 3.76. The average Bonchev–Trinajstić information content (AvgIpc) is 2.46. The number of sulfonamides is 1. The van der Waals surface area contributed by atoms with Gasteiger partial charge in [-0.1, -0.05) is 64.5 Å². The molecule has 0 aliphatic carbocycles. The molecule has 1 rings (SSSR count). The van der Waals surface area contributed by atoms with Crippen molar-refractivity contribution in [3.8, 4) is 0 Å². The van der Waals surface area contributed by atoms with E-state index in [-0.39, 0.29) is 17.4 Å². The van der Waals surface area contributed by atoms with Crippen molar-refractivity contribution >= 4 is 16.0 Å². The molecule has 158 valence electrons. The summed E-state index contributed by atoms with van der Waals surface area (Å²) in [5, 5.41) is 9.95. The van der Waals surface area contributed by atoms with Crippen molar-refractivity contribution in [1.82, 2.24) is 4.72 Å². The number of rotatable bonds is 8. The molecule has 0 aliphatic heterocycles. The molecule has 0 unspecified atom stereocenters. The second kappa shape index (κ2) is 8.78. The van der Waals surface area contributed by atoms with Crippen LogP contribution in [-0.2, 0) is 14.8 Å². The van der Waals surface area contributed by atoms with Gasteiger partial charge in [0, 0.05) is 6.54 Å². The van der Waals surface area contributed by atoms with Gasteiger partial charge in [0.2, 0.25) is 10.0 Å². The lowest BCUT2D eigenvalue weighted by Crippen LogP contribution is -2.42. The number of aryl methyl sites for hydroxylation is 3. The maximum atomic E-state index is 12.8. The highest BCUT2D eigenvalue weighted by molar-refractivity contribution is 7.89. The van der Waals surface area contributed by atoms with Crippen LogP contribution in [0.15, 0.2) is 29.2 Å². The Kier molecular flexibility index (Phi) is 7.65. The number of hydrogen-bond acceptors (Lipinski definition) is 3. The van der Waals surface area contributed by atoms with Crippen molar-refractivity contribution in [2.24, 2.45) is 16.7 Å². The smallest absolute Gasteiger partial charge is 0.314 e. The molecule has 1 aromatic carbocycles. The van der Waals surface area contributed by atoms with E-state index in [2.05, 4.69) is 4.72 Å². The van der Waals surface area contributed by atoms with Gasteiger partial charge in [-0.25, -0.2) is 13.1 Å². The molecule has 0 saturated heterocycles. The Hall–Kier alpha value is -1.66. The van der Waals surface area contributed by atoms with Gasteiger partial charge in [-0.15, -0.1) is 0 Å². The lowest BCUT2D eigenvalue weighted by atomic mass is 9.62. The number of carboxylic acid groups (broad SMARTS) is 1. The first kappa shape index (κ1) is 24.4. The minimum Gasteiger partial charge on any atom is -0.481 e. The summed E-state index contributed by atoms with van der Waals surface area (Å²) in [4.78, 5) is 12.4. The maximum absolute atomic E-state index is 12.8. The molecule has 0 aliphatic rings. The first-order chi connectivity index (χ1) is 12.6. The molecule has 0 radical (unpaired) electrons. The van der Waals surface area contributed by atoms with Gasteiger partial charge in [0.1, 0.15) is 0 Å². The second-order valence-corrected chi connectivity index (χ2v) is 10.8. The molecule has 0 spiro atoms. The van der Waals surface area contributed by atoms with Crippen LogP contribution in [0, 0.1) is 37.5 Å². The lowest BCUT2D eigenvalue weighted by Gasteiger charge is -2.40. The van der Waals surface area contributed by atoms with E-state index < -0.39 is 26.8 Å². The largest absolute Gasteiger partial charge is 0.481 e. The quantitative estimate of drug-likeness (QED) is 0.614. The normalized spacial score (nSPS) is 15.2. The van der Waals surface area contributed by atoms with Crippen molar-refractivity contribution in [2.75, 3.05) is 6.54 Å². The molecule has 0 fully saturated rings. The SMILES string of the molecule is Cc1cc(C)c(S(=O)(=O)NCC=C[C@](CC(C)C)(C(=O)O)C(C)(C)C)c(C)c1. The average molecular weight is 410 g/mol. The molecule has 0 saturated carbocycles. The summed E-state index contributed by atoms with van der Waals surface area (Å²) in [6.45, 7) is 15.2. The van der Waals surface area contributed by atoms with Crippen LogP contribution in [0.3, 0.4) is 0 Å². The van der Waals surface area contributed by atoms with E-state index in [1.807, 2.05) is 53.7 Å². The molecular weight excluding hydrogens is 374 g/mol. The maximum Gasteiger partial charge on any atom is 0.314 e. The minimum absolute atomic E-state index is 0.0400. The summed E-state index contributed by atoms with van der Waals surface area (Å²) >= 11 is 0. The van der Waals surface area contributed by atoms with Crippen molar-refractivity contribution in [2.45, 2.75) is 66.7 Å². The van der Waals surface area contributed by atoms with E-state index in [0.29, 0.717) is 17.5 Å². The van der Waals surface area contributed by atoms with Crippen LogP contribution < -0.4 is 4.72 Å². The molecule has 1 aromatic rings. The molecular formula is C22H35NO4S. The number of hydrogen-bond donors (Lipinski definition) is 2. The fraction of sp³-hybridized carbons (Fsp3) is 0.591. The van der Waals surface area contributed by atoms with Gasteiger partial charge in [-0.05, 0) is 49.7 Å². The van der Waals surface area contributed by atoms with Crippen molar-refractivity contribution in [1.29, 1.82) is 0 Å². The Morgan fingerprint density at radius 1 is 1.14 bits per heavy atom. The van der Waals surface area contributed by atoms with Gasteiger partial charge in [0.15, 0.2) is 0 Å². The highest BCUT2D eigenvalue weighted by Gasteiger charge is 2.46. The van der Waals surface area contributed by atoms with Crippen molar-refractivity contribution < 1.29 is 18.3 Å². The van der Waals surface area contributed by atoms with Crippen LogP contribution in [0.5, 0.6) is 0 Å². The number of benzene rings is 1.